The molecule has 3 nitrogen and oxygen atoms in total. The third-order valence-corrected chi connectivity index (χ3v) is 4.32. The molecule has 0 aliphatic rings. The molecular weight excluding hydrogens is 306 g/mol. The summed E-state index contributed by atoms with van der Waals surface area (Å²) >= 11 is 6.50. The molecule has 3 aromatic rings. The third kappa shape index (κ3) is 1.73. The van der Waals surface area contributed by atoms with Crippen molar-refractivity contribution in [2.45, 2.75) is 0 Å². The lowest BCUT2D eigenvalue weighted by atomic mass is 10.3. The van der Waals surface area contributed by atoms with E-state index in [1.54, 1.807) is 11.3 Å². The van der Waals surface area contributed by atoms with Crippen molar-refractivity contribution in [3.05, 3.63) is 28.1 Å². The number of rotatable bonds is 1. The Labute approximate surface area is 108 Å². The number of halogens is 1. The first-order chi connectivity index (χ1) is 7.72. The molecule has 0 atom stereocenters. The quantitative estimate of drug-likeness (QED) is 0.744. The lowest BCUT2D eigenvalue weighted by Gasteiger charge is -1.87. The van der Waals surface area contributed by atoms with Crippen molar-refractivity contribution >= 4 is 54.0 Å². The minimum absolute atomic E-state index is 0.579. The number of aromatic nitrogens is 2. The second-order valence-corrected chi connectivity index (χ2v) is 6.04. The maximum absolute atomic E-state index is 5.61. The van der Waals surface area contributed by atoms with Gasteiger partial charge in [-0.05, 0) is 18.2 Å². The molecule has 3 rings (SSSR count). The number of fused-ring (bicyclic) bond motifs is 1. The molecule has 80 valence electrons. The van der Waals surface area contributed by atoms with Gasteiger partial charge in [0, 0.05) is 9.85 Å². The van der Waals surface area contributed by atoms with E-state index in [2.05, 4.69) is 32.0 Å². The van der Waals surface area contributed by atoms with Crippen LogP contribution < -0.4 is 5.73 Å². The highest BCUT2D eigenvalue weighted by Gasteiger charge is 2.09. The Morgan fingerprint density at radius 1 is 1.25 bits per heavy atom. The number of thiazole rings is 2. The summed E-state index contributed by atoms with van der Waals surface area (Å²) < 4.78 is 2.19. The number of nitrogen functional groups attached to an aromatic ring is 1. The molecule has 0 unspecified atom stereocenters. The number of benzene rings is 1. The fraction of sp³-hybridized carbons (Fsp3) is 0. The van der Waals surface area contributed by atoms with E-state index < -0.39 is 0 Å². The molecule has 0 aliphatic heterocycles. The predicted molar refractivity (Wildman–Crippen MR) is 72.8 cm³/mol. The van der Waals surface area contributed by atoms with Crippen molar-refractivity contribution in [3.63, 3.8) is 0 Å². The molecule has 1 aromatic carbocycles. The van der Waals surface area contributed by atoms with E-state index in [9.17, 15) is 0 Å². The average Bonchev–Trinajstić information content (AvgIpc) is 2.83. The van der Waals surface area contributed by atoms with Crippen LogP contribution in [0.4, 0.5) is 5.13 Å². The van der Waals surface area contributed by atoms with Crippen molar-refractivity contribution in [3.8, 4) is 10.7 Å². The highest BCUT2D eigenvalue weighted by Crippen LogP contribution is 2.32. The summed E-state index contributed by atoms with van der Waals surface area (Å²) in [4.78, 5) is 8.77. The smallest absolute Gasteiger partial charge is 0.180 e. The average molecular weight is 312 g/mol. The van der Waals surface area contributed by atoms with Crippen LogP contribution in [0.2, 0.25) is 0 Å². The zero-order valence-electron chi connectivity index (χ0n) is 7.98. The summed E-state index contributed by atoms with van der Waals surface area (Å²) in [5.74, 6) is 0. The van der Waals surface area contributed by atoms with Crippen molar-refractivity contribution in [2.24, 2.45) is 0 Å². The van der Waals surface area contributed by atoms with Gasteiger partial charge in [-0.25, -0.2) is 9.97 Å². The fourth-order valence-corrected chi connectivity index (χ4v) is 3.27. The van der Waals surface area contributed by atoms with Crippen LogP contribution in [0.15, 0.2) is 28.1 Å². The Kier molecular flexibility index (Phi) is 2.42. The minimum Gasteiger partial charge on any atom is -0.375 e. The van der Waals surface area contributed by atoms with Gasteiger partial charge in [-0.1, -0.05) is 15.9 Å². The molecule has 0 saturated carbocycles. The Hall–Kier alpha value is -0.980. The molecule has 0 amide bonds. The fourth-order valence-electron chi connectivity index (χ4n) is 1.40. The van der Waals surface area contributed by atoms with Crippen LogP contribution in [0, 0.1) is 0 Å². The standard InChI is InChI=1S/C10H6BrN3S2/c11-5-1-2-8-6(3-5)13-9(16-8)7-4-15-10(12)14-7/h1-4H,(H2,12,14). The van der Waals surface area contributed by atoms with E-state index in [1.807, 2.05) is 17.5 Å². The molecular formula is C10H6BrN3S2. The number of hydrogen-bond acceptors (Lipinski definition) is 5. The number of nitrogens with zero attached hydrogens (tertiary/aromatic N) is 2. The Balaban J connectivity index is 2.18. The van der Waals surface area contributed by atoms with E-state index in [0.717, 1.165) is 25.4 Å². The van der Waals surface area contributed by atoms with Crippen LogP contribution in [0.5, 0.6) is 0 Å². The maximum Gasteiger partial charge on any atom is 0.180 e. The molecule has 6 heteroatoms. The van der Waals surface area contributed by atoms with Crippen molar-refractivity contribution in [2.75, 3.05) is 5.73 Å². The van der Waals surface area contributed by atoms with Gasteiger partial charge in [0.05, 0.1) is 10.2 Å². The van der Waals surface area contributed by atoms with Gasteiger partial charge in [-0.2, -0.15) is 0 Å². The van der Waals surface area contributed by atoms with Gasteiger partial charge in [0.25, 0.3) is 0 Å². The highest BCUT2D eigenvalue weighted by atomic mass is 79.9. The van der Waals surface area contributed by atoms with E-state index in [-0.39, 0.29) is 0 Å². The Morgan fingerprint density at radius 3 is 2.88 bits per heavy atom. The maximum atomic E-state index is 5.61. The predicted octanol–water partition coefficient (Wildman–Crippen LogP) is 3.76. The van der Waals surface area contributed by atoms with Crippen LogP contribution in [-0.2, 0) is 0 Å². The van der Waals surface area contributed by atoms with E-state index in [4.69, 9.17) is 5.73 Å². The molecule has 0 spiro atoms. The van der Waals surface area contributed by atoms with E-state index in [0.29, 0.717) is 5.13 Å². The molecule has 0 aliphatic carbocycles. The third-order valence-electron chi connectivity index (χ3n) is 2.09. The van der Waals surface area contributed by atoms with Crippen molar-refractivity contribution in [1.29, 1.82) is 0 Å². The minimum atomic E-state index is 0.579. The second-order valence-electron chi connectivity index (χ2n) is 3.20. The van der Waals surface area contributed by atoms with Gasteiger partial charge in [0.1, 0.15) is 10.7 Å². The summed E-state index contributed by atoms with van der Waals surface area (Å²) in [7, 11) is 0. The first-order valence-corrected chi connectivity index (χ1v) is 6.99. The topological polar surface area (TPSA) is 51.8 Å². The molecule has 0 radical (unpaired) electrons. The summed E-state index contributed by atoms with van der Waals surface area (Å²) in [6.45, 7) is 0. The monoisotopic (exact) mass is 311 g/mol. The van der Waals surface area contributed by atoms with Crippen LogP contribution in [-0.4, -0.2) is 9.97 Å². The normalized spacial score (nSPS) is 11.1. The SMILES string of the molecule is Nc1nc(-c2nc3cc(Br)ccc3s2)cs1. The van der Waals surface area contributed by atoms with Crippen LogP contribution in [0.25, 0.3) is 20.9 Å². The van der Waals surface area contributed by atoms with E-state index in [1.165, 1.54) is 11.3 Å². The van der Waals surface area contributed by atoms with Gasteiger partial charge in [0.15, 0.2) is 5.13 Å². The summed E-state index contributed by atoms with van der Waals surface area (Å²) in [6.07, 6.45) is 0. The zero-order valence-corrected chi connectivity index (χ0v) is 11.2. The van der Waals surface area contributed by atoms with Crippen molar-refractivity contribution < 1.29 is 0 Å². The molecule has 0 bridgehead atoms. The summed E-state index contributed by atoms with van der Waals surface area (Å²) in [5.41, 5.74) is 7.46. The molecule has 0 fully saturated rings. The second kappa shape index (κ2) is 3.80. The first-order valence-electron chi connectivity index (χ1n) is 4.50. The number of hydrogen-bond donors (Lipinski definition) is 1. The largest absolute Gasteiger partial charge is 0.375 e. The Bertz CT molecular complexity index is 659. The Morgan fingerprint density at radius 2 is 2.12 bits per heavy atom. The van der Waals surface area contributed by atoms with Crippen LogP contribution in [0.1, 0.15) is 0 Å². The van der Waals surface area contributed by atoms with Gasteiger partial charge in [-0.3, -0.25) is 0 Å². The molecule has 0 saturated heterocycles. The summed E-state index contributed by atoms with van der Waals surface area (Å²) in [5, 5.41) is 3.43. The van der Waals surface area contributed by atoms with Gasteiger partial charge in [0.2, 0.25) is 0 Å². The van der Waals surface area contributed by atoms with Crippen LogP contribution in [0.3, 0.4) is 0 Å². The molecule has 16 heavy (non-hydrogen) atoms. The van der Waals surface area contributed by atoms with Crippen LogP contribution >= 0.6 is 38.6 Å². The van der Waals surface area contributed by atoms with Gasteiger partial charge >= 0.3 is 0 Å². The number of nitrogens with two attached hydrogens (primary N) is 1. The van der Waals surface area contributed by atoms with Gasteiger partial charge in [-0.15, -0.1) is 22.7 Å². The highest BCUT2D eigenvalue weighted by molar-refractivity contribution is 9.10. The van der Waals surface area contributed by atoms with Crippen molar-refractivity contribution in [1.82, 2.24) is 9.97 Å². The van der Waals surface area contributed by atoms with Gasteiger partial charge < -0.3 is 5.73 Å². The summed E-state index contributed by atoms with van der Waals surface area (Å²) in [6, 6.07) is 6.07. The molecule has 2 N–H and O–H groups in total. The zero-order chi connectivity index (χ0) is 11.1. The van der Waals surface area contributed by atoms with E-state index >= 15 is 0 Å². The lowest BCUT2D eigenvalue weighted by Crippen LogP contribution is -1.81. The number of anilines is 1. The molecule has 2 heterocycles. The lowest BCUT2D eigenvalue weighted by molar-refractivity contribution is 1.37. The molecule has 2 aromatic heterocycles. The first kappa shape index (κ1) is 10.2.